The molecule has 0 saturated heterocycles. The Morgan fingerprint density at radius 3 is 2.70 bits per heavy atom. The molecular formula is C15H20N2O3. The minimum Gasteiger partial charge on any atom is -0.478 e. The smallest absolute Gasteiger partial charge is 0.320 e. The van der Waals surface area contributed by atoms with Gasteiger partial charge in [0, 0.05) is 12.1 Å². The summed E-state index contributed by atoms with van der Waals surface area (Å²) < 4.78 is 10.5. The molecule has 0 spiro atoms. The number of nitriles is 1. The van der Waals surface area contributed by atoms with Crippen molar-refractivity contribution < 1.29 is 14.3 Å². The Kier molecular flexibility index (Phi) is 6.01. The van der Waals surface area contributed by atoms with Gasteiger partial charge < -0.3 is 14.8 Å². The van der Waals surface area contributed by atoms with Crippen molar-refractivity contribution in [2.45, 2.75) is 32.9 Å². The Morgan fingerprint density at radius 2 is 2.05 bits per heavy atom. The Bertz CT molecular complexity index is 487. The van der Waals surface area contributed by atoms with Gasteiger partial charge in [0.1, 0.15) is 17.4 Å². The van der Waals surface area contributed by atoms with E-state index < -0.39 is 5.60 Å². The lowest BCUT2D eigenvalue weighted by molar-refractivity contribution is -0.153. The van der Waals surface area contributed by atoms with Gasteiger partial charge in [0.2, 0.25) is 0 Å². The summed E-state index contributed by atoms with van der Waals surface area (Å²) in [6.07, 6.45) is 0. The van der Waals surface area contributed by atoms with Gasteiger partial charge in [-0.3, -0.25) is 4.79 Å². The fraction of sp³-hybridized carbons (Fsp3) is 0.467. The molecule has 5 heteroatoms. The van der Waals surface area contributed by atoms with Crippen LogP contribution in [-0.2, 0) is 16.1 Å². The van der Waals surface area contributed by atoms with Crippen molar-refractivity contribution in [1.29, 1.82) is 5.26 Å². The Hall–Kier alpha value is -2.06. The minimum absolute atomic E-state index is 0.00305. The summed E-state index contributed by atoms with van der Waals surface area (Å²) in [5.74, 6) is 0.346. The number of nitrogens with zero attached hydrogens (tertiary/aromatic N) is 1. The Labute approximate surface area is 119 Å². The summed E-state index contributed by atoms with van der Waals surface area (Å²) in [6, 6.07) is 9.32. The predicted octanol–water partition coefficient (Wildman–Crippen LogP) is 2.02. The molecule has 108 valence electrons. The fourth-order valence-corrected chi connectivity index (χ4v) is 1.58. The monoisotopic (exact) mass is 276 g/mol. The van der Waals surface area contributed by atoms with Crippen LogP contribution in [0.5, 0.6) is 5.75 Å². The van der Waals surface area contributed by atoms with E-state index >= 15 is 0 Å². The highest BCUT2D eigenvalue weighted by atomic mass is 16.6. The maximum Gasteiger partial charge on any atom is 0.320 e. The zero-order valence-electron chi connectivity index (χ0n) is 12.1. The molecule has 1 rings (SSSR count). The lowest BCUT2D eigenvalue weighted by atomic mass is 10.2. The van der Waals surface area contributed by atoms with E-state index in [1.54, 1.807) is 6.07 Å². The highest BCUT2D eigenvalue weighted by Crippen LogP contribution is 2.17. The van der Waals surface area contributed by atoms with E-state index in [0.717, 1.165) is 5.56 Å². The predicted molar refractivity (Wildman–Crippen MR) is 75.1 cm³/mol. The zero-order valence-corrected chi connectivity index (χ0v) is 12.1. The van der Waals surface area contributed by atoms with Gasteiger partial charge in [0.25, 0.3) is 0 Å². The quantitative estimate of drug-likeness (QED) is 0.805. The van der Waals surface area contributed by atoms with Crippen molar-refractivity contribution >= 4 is 5.97 Å². The summed E-state index contributed by atoms with van der Waals surface area (Å²) in [5.41, 5.74) is 0.415. The van der Waals surface area contributed by atoms with Gasteiger partial charge in [-0.05, 0) is 26.8 Å². The average molecular weight is 276 g/mol. The summed E-state index contributed by atoms with van der Waals surface area (Å²) in [7, 11) is 0. The number of carbonyl (C=O) groups excluding carboxylic acids is 1. The number of carbonyl (C=O) groups is 1. The molecule has 0 heterocycles. The van der Waals surface area contributed by atoms with Gasteiger partial charge in [0.15, 0.2) is 6.61 Å². The minimum atomic E-state index is -0.480. The molecular weight excluding hydrogens is 256 g/mol. The van der Waals surface area contributed by atoms with Crippen molar-refractivity contribution in [2.24, 2.45) is 0 Å². The number of hydrogen-bond acceptors (Lipinski definition) is 5. The normalized spacial score (nSPS) is 10.7. The fourth-order valence-electron chi connectivity index (χ4n) is 1.58. The van der Waals surface area contributed by atoms with Crippen LogP contribution in [0, 0.1) is 11.3 Å². The Balaban J connectivity index is 2.46. The molecule has 0 aromatic heterocycles. The van der Waals surface area contributed by atoms with E-state index in [-0.39, 0.29) is 19.1 Å². The van der Waals surface area contributed by atoms with E-state index in [1.807, 2.05) is 45.0 Å². The molecule has 5 nitrogen and oxygen atoms in total. The summed E-state index contributed by atoms with van der Waals surface area (Å²) in [5, 5.41) is 11.5. The topological polar surface area (TPSA) is 71.3 Å². The molecule has 1 aromatic rings. The number of rotatable bonds is 6. The van der Waals surface area contributed by atoms with Gasteiger partial charge in [-0.1, -0.05) is 18.2 Å². The van der Waals surface area contributed by atoms with Gasteiger partial charge in [-0.2, -0.15) is 5.26 Å². The highest BCUT2D eigenvalue weighted by molar-refractivity contribution is 5.72. The molecule has 0 atom stereocenters. The van der Waals surface area contributed by atoms with Gasteiger partial charge >= 0.3 is 5.97 Å². The number of hydrogen-bond donors (Lipinski definition) is 1. The third-order valence-corrected chi connectivity index (χ3v) is 2.27. The van der Waals surface area contributed by atoms with Crippen molar-refractivity contribution in [1.82, 2.24) is 5.32 Å². The number of esters is 1. The first-order valence-corrected chi connectivity index (χ1v) is 6.42. The van der Waals surface area contributed by atoms with Gasteiger partial charge in [-0.15, -0.1) is 0 Å². The van der Waals surface area contributed by atoms with Gasteiger partial charge in [-0.25, -0.2) is 0 Å². The second kappa shape index (κ2) is 7.51. The van der Waals surface area contributed by atoms with Crippen LogP contribution in [0.3, 0.4) is 0 Å². The molecule has 1 aromatic carbocycles. The molecule has 0 unspecified atom stereocenters. The maximum absolute atomic E-state index is 11.5. The molecule has 0 aliphatic carbocycles. The number of para-hydroxylation sites is 1. The van der Waals surface area contributed by atoms with E-state index in [2.05, 4.69) is 5.32 Å². The highest BCUT2D eigenvalue weighted by Gasteiger charge is 2.15. The van der Waals surface area contributed by atoms with Crippen molar-refractivity contribution in [3.63, 3.8) is 0 Å². The SMILES string of the molecule is CC(C)(C)OC(=O)CNCc1ccccc1OCC#N. The van der Waals surface area contributed by atoms with E-state index in [9.17, 15) is 4.79 Å². The average Bonchev–Trinajstić information content (AvgIpc) is 2.35. The summed E-state index contributed by atoms with van der Waals surface area (Å²) in [6.45, 7) is 6.09. The molecule has 0 radical (unpaired) electrons. The third kappa shape index (κ3) is 6.21. The Morgan fingerprint density at radius 1 is 1.35 bits per heavy atom. The molecule has 0 amide bonds. The van der Waals surface area contributed by atoms with Crippen molar-refractivity contribution in [3.8, 4) is 11.8 Å². The largest absolute Gasteiger partial charge is 0.478 e. The molecule has 0 fully saturated rings. The number of ether oxygens (including phenoxy) is 2. The van der Waals surface area contributed by atoms with Crippen molar-refractivity contribution in [3.05, 3.63) is 29.8 Å². The summed E-state index contributed by atoms with van der Waals surface area (Å²) >= 11 is 0. The number of benzene rings is 1. The van der Waals surface area contributed by atoms with Crippen LogP contribution in [0.15, 0.2) is 24.3 Å². The third-order valence-electron chi connectivity index (χ3n) is 2.27. The molecule has 1 N–H and O–H groups in total. The van der Waals surface area contributed by atoms with Crippen LogP contribution in [0.1, 0.15) is 26.3 Å². The standard InChI is InChI=1S/C15H20N2O3/c1-15(2,3)20-14(18)11-17-10-12-6-4-5-7-13(12)19-9-8-16/h4-7,17H,9-11H2,1-3H3. The zero-order chi connectivity index (χ0) is 15.0. The summed E-state index contributed by atoms with van der Waals surface area (Å²) in [4.78, 5) is 11.5. The van der Waals surface area contributed by atoms with Gasteiger partial charge in [0.05, 0.1) is 6.54 Å². The van der Waals surface area contributed by atoms with Crippen molar-refractivity contribution in [2.75, 3.05) is 13.2 Å². The second-order valence-corrected chi connectivity index (χ2v) is 5.24. The molecule has 0 aliphatic rings. The van der Waals surface area contributed by atoms with E-state index in [1.165, 1.54) is 0 Å². The van der Waals surface area contributed by atoms with E-state index in [4.69, 9.17) is 14.7 Å². The molecule has 20 heavy (non-hydrogen) atoms. The van der Waals surface area contributed by atoms with Crippen LogP contribution in [0.2, 0.25) is 0 Å². The molecule has 0 aliphatic heterocycles. The van der Waals surface area contributed by atoms with Crippen LogP contribution < -0.4 is 10.1 Å². The van der Waals surface area contributed by atoms with Crippen LogP contribution in [-0.4, -0.2) is 24.7 Å². The molecule has 0 bridgehead atoms. The number of nitrogens with one attached hydrogen (secondary N) is 1. The lowest BCUT2D eigenvalue weighted by Crippen LogP contribution is -2.31. The first-order chi connectivity index (χ1) is 9.42. The van der Waals surface area contributed by atoms with Crippen LogP contribution >= 0.6 is 0 Å². The van der Waals surface area contributed by atoms with E-state index in [0.29, 0.717) is 12.3 Å². The lowest BCUT2D eigenvalue weighted by Gasteiger charge is -2.19. The van der Waals surface area contributed by atoms with Crippen LogP contribution in [0.25, 0.3) is 0 Å². The first-order valence-electron chi connectivity index (χ1n) is 6.42. The second-order valence-electron chi connectivity index (χ2n) is 5.24. The van der Waals surface area contributed by atoms with Crippen LogP contribution in [0.4, 0.5) is 0 Å². The first kappa shape index (κ1) is 16.0. The molecule has 0 saturated carbocycles. The maximum atomic E-state index is 11.5.